The van der Waals surface area contributed by atoms with E-state index in [0.29, 0.717) is 17.5 Å². The number of carbonyl (C=O) groups excluding carboxylic acids is 1. The molecule has 2 aromatic rings. The number of nitrogens with one attached hydrogen (secondary N) is 1. The minimum Gasteiger partial charge on any atom is -0.431 e. The maximum Gasteiger partial charge on any atom is 0.257 e. The molecule has 6 heteroatoms. The fourth-order valence-corrected chi connectivity index (χ4v) is 2.83. The highest BCUT2D eigenvalue weighted by atomic mass is 32.2. The van der Waals surface area contributed by atoms with Crippen molar-refractivity contribution in [1.29, 1.82) is 0 Å². The lowest BCUT2D eigenvalue weighted by atomic mass is 10.3. The zero-order valence-corrected chi connectivity index (χ0v) is 12.9. The number of hydrogen-bond donors (Lipinski definition) is 1. The maximum absolute atomic E-state index is 11.8. The van der Waals surface area contributed by atoms with Gasteiger partial charge in [0.1, 0.15) is 5.52 Å². The van der Waals surface area contributed by atoms with E-state index in [9.17, 15) is 4.79 Å². The number of para-hydroxylation sites is 2. The second-order valence-corrected chi connectivity index (χ2v) is 6.22. The number of nitrogens with zero attached hydrogens (tertiary/aromatic N) is 2. The number of thioether (sulfide) groups is 1. The van der Waals surface area contributed by atoms with Gasteiger partial charge in [0.2, 0.25) is 5.91 Å². The van der Waals surface area contributed by atoms with Crippen molar-refractivity contribution in [3.05, 3.63) is 24.3 Å². The SMILES string of the molecule is CN(CCNC(=O)CSc1nc2ccccc2o1)C1CC1. The largest absolute Gasteiger partial charge is 0.431 e. The topological polar surface area (TPSA) is 58.4 Å². The summed E-state index contributed by atoms with van der Waals surface area (Å²) in [7, 11) is 2.11. The number of rotatable bonds is 7. The van der Waals surface area contributed by atoms with Gasteiger partial charge in [0.05, 0.1) is 5.75 Å². The summed E-state index contributed by atoms with van der Waals surface area (Å²) < 4.78 is 5.56. The first kappa shape index (κ1) is 14.4. The van der Waals surface area contributed by atoms with E-state index in [1.54, 1.807) is 0 Å². The van der Waals surface area contributed by atoms with Crippen molar-refractivity contribution in [1.82, 2.24) is 15.2 Å². The van der Waals surface area contributed by atoms with Crippen LogP contribution in [-0.4, -0.2) is 47.7 Å². The molecule has 0 bridgehead atoms. The number of carbonyl (C=O) groups is 1. The molecule has 1 saturated carbocycles. The Hall–Kier alpha value is -1.53. The number of amides is 1. The third kappa shape index (κ3) is 3.98. The van der Waals surface area contributed by atoms with E-state index >= 15 is 0 Å². The van der Waals surface area contributed by atoms with Crippen molar-refractivity contribution in [2.24, 2.45) is 0 Å². The lowest BCUT2D eigenvalue weighted by molar-refractivity contribution is -0.118. The molecule has 1 N–H and O–H groups in total. The van der Waals surface area contributed by atoms with Gasteiger partial charge in [-0.15, -0.1) is 0 Å². The predicted octanol–water partition coefficient (Wildman–Crippen LogP) is 2.13. The minimum atomic E-state index is 0.0199. The molecule has 0 unspecified atom stereocenters. The Bertz CT molecular complexity index is 591. The molecule has 1 aliphatic carbocycles. The van der Waals surface area contributed by atoms with Crippen LogP contribution in [0.3, 0.4) is 0 Å². The Kier molecular flexibility index (Phi) is 4.45. The van der Waals surface area contributed by atoms with Crippen LogP contribution in [-0.2, 0) is 4.79 Å². The van der Waals surface area contributed by atoms with Gasteiger partial charge in [0, 0.05) is 19.1 Å². The Labute approximate surface area is 128 Å². The van der Waals surface area contributed by atoms with Crippen LogP contribution in [0, 0.1) is 0 Å². The van der Waals surface area contributed by atoms with Crippen LogP contribution in [0.2, 0.25) is 0 Å². The molecule has 1 aliphatic rings. The molecule has 1 heterocycles. The molecule has 0 aliphatic heterocycles. The third-order valence-electron chi connectivity index (χ3n) is 3.56. The molecule has 1 fully saturated rings. The van der Waals surface area contributed by atoms with E-state index in [2.05, 4.69) is 22.2 Å². The highest BCUT2D eigenvalue weighted by Crippen LogP contribution is 2.24. The summed E-state index contributed by atoms with van der Waals surface area (Å²) in [6.07, 6.45) is 2.58. The molecule has 112 valence electrons. The standard InChI is InChI=1S/C15H19N3O2S/c1-18(11-6-7-11)9-8-16-14(19)10-21-15-17-12-4-2-3-5-13(12)20-15/h2-5,11H,6-10H2,1H3,(H,16,19). The van der Waals surface area contributed by atoms with Gasteiger partial charge in [-0.05, 0) is 32.0 Å². The Morgan fingerprint density at radius 2 is 2.29 bits per heavy atom. The number of aromatic nitrogens is 1. The number of benzene rings is 1. The average Bonchev–Trinajstić information content (AvgIpc) is 3.24. The third-order valence-corrected chi connectivity index (χ3v) is 4.39. The van der Waals surface area contributed by atoms with E-state index in [-0.39, 0.29) is 5.91 Å². The second kappa shape index (κ2) is 6.49. The monoisotopic (exact) mass is 305 g/mol. The molecule has 1 aromatic carbocycles. The summed E-state index contributed by atoms with van der Waals surface area (Å²) >= 11 is 1.33. The molecule has 1 amide bonds. The second-order valence-electron chi connectivity index (χ2n) is 5.30. The first-order valence-corrected chi connectivity index (χ1v) is 8.16. The normalized spacial score (nSPS) is 14.8. The van der Waals surface area contributed by atoms with Gasteiger partial charge in [-0.1, -0.05) is 23.9 Å². The molecule has 21 heavy (non-hydrogen) atoms. The summed E-state index contributed by atoms with van der Waals surface area (Å²) in [5.41, 5.74) is 1.58. The van der Waals surface area contributed by atoms with Crippen LogP contribution in [0.25, 0.3) is 11.1 Å². The van der Waals surface area contributed by atoms with E-state index in [0.717, 1.165) is 23.7 Å². The van der Waals surface area contributed by atoms with E-state index in [1.165, 1.54) is 24.6 Å². The van der Waals surface area contributed by atoms with Crippen LogP contribution >= 0.6 is 11.8 Å². The summed E-state index contributed by atoms with van der Waals surface area (Å²) in [5.74, 6) is 0.353. The number of likely N-dealkylation sites (N-methyl/N-ethyl adjacent to an activating group) is 1. The zero-order valence-electron chi connectivity index (χ0n) is 12.0. The zero-order chi connectivity index (χ0) is 14.7. The minimum absolute atomic E-state index is 0.0199. The Balaban J connectivity index is 1.40. The van der Waals surface area contributed by atoms with Gasteiger partial charge >= 0.3 is 0 Å². The molecule has 1 aromatic heterocycles. The van der Waals surface area contributed by atoms with Crippen molar-refractivity contribution in [3.63, 3.8) is 0 Å². The predicted molar refractivity (Wildman–Crippen MR) is 83.4 cm³/mol. The number of fused-ring (bicyclic) bond motifs is 1. The van der Waals surface area contributed by atoms with Crippen molar-refractivity contribution in [2.45, 2.75) is 24.1 Å². The molecule has 0 spiro atoms. The fraction of sp³-hybridized carbons (Fsp3) is 0.467. The first-order chi connectivity index (χ1) is 10.2. The fourth-order valence-electron chi connectivity index (χ4n) is 2.16. The van der Waals surface area contributed by atoms with Crippen LogP contribution in [0.5, 0.6) is 0 Å². The maximum atomic E-state index is 11.8. The summed E-state index contributed by atoms with van der Waals surface area (Å²) in [4.78, 5) is 18.4. The van der Waals surface area contributed by atoms with E-state index in [1.807, 2.05) is 24.3 Å². The molecule has 0 radical (unpaired) electrons. The van der Waals surface area contributed by atoms with Crippen LogP contribution in [0.1, 0.15) is 12.8 Å². The number of oxazole rings is 1. The average molecular weight is 305 g/mol. The van der Waals surface area contributed by atoms with Gasteiger partial charge in [-0.25, -0.2) is 4.98 Å². The Morgan fingerprint density at radius 1 is 1.48 bits per heavy atom. The molecular weight excluding hydrogens is 286 g/mol. The van der Waals surface area contributed by atoms with Crippen LogP contribution < -0.4 is 5.32 Å². The molecule has 5 nitrogen and oxygen atoms in total. The molecule has 0 saturated heterocycles. The highest BCUT2D eigenvalue weighted by molar-refractivity contribution is 7.99. The van der Waals surface area contributed by atoms with Gasteiger partial charge in [0.25, 0.3) is 5.22 Å². The lowest BCUT2D eigenvalue weighted by Crippen LogP contribution is -2.34. The van der Waals surface area contributed by atoms with Gasteiger partial charge in [-0.3, -0.25) is 4.79 Å². The van der Waals surface area contributed by atoms with Gasteiger partial charge < -0.3 is 14.6 Å². The highest BCUT2D eigenvalue weighted by Gasteiger charge is 2.25. The smallest absolute Gasteiger partial charge is 0.257 e. The van der Waals surface area contributed by atoms with Crippen LogP contribution in [0.4, 0.5) is 0 Å². The van der Waals surface area contributed by atoms with E-state index in [4.69, 9.17) is 4.42 Å². The molecule has 3 rings (SSSR count). The number of hydrogen-bond acceptors (Lipinski definition) is 5. The van der Waals surface area contributed by atoms with Crippen molar-refractivity contribution >= 4 is 28.8 Å². The summed E-state index contributed by atoms with van der Waals surface area (Å²) in [5, 5.41) is 3.47. The summed E-state index contributed by atoms with van der Waals surface area (Å²) in [6.45, 7) is 1.60. The van der Waals surface area contributed by atoms with Gasteiger partial charge in [0.15, 0.2) is 5.58 Å². The van der Waals surface area contributed by atoms with Crippen molar-refractivity contribution in [3.8, 4) is 0 Å². The van der Waals surface area contributed by atoms with E-state index < -0.39 is 0 Å². The lowest BCUT2D eigenvalue weighted by Gasteiger charge is -2.15. The Morgan fingerprint density at radius 3 is 3.05 bits per heavy atom. The van der Waals surface area contributed by atoms with Crippen molar-refractivity contribution < 1.29 is 9.21 Å². The first-order valence-electron chi connectivity index (χ1n) is 7.17. The van der Waals surface area contributed by atoms with Gasteiger partial charge in [-0.2, -0.15) is 0 Å². The van der Waals surface area contributed by atoms with Crippen molar-refractivity contribution in [2.75, 3.05) is 25.9 Å². The molecular formula is C15H19N3O2S. The molecule has 0 atom stereocenters. The quantitative estimate of drug-likeness (QED) is 0.794. The summed E-state index contributed by atoms with van der Waals surface area (Å²) in [6, 6.07) is 8.33. The van der Waals surface area contributed by atoms with Crippen LogP contribution in [0.15, 0.2) is 33.9 Å².